The van der Waals surface area contributed by atoms with Crippen LogP contribution >= 0.6 is 0 Å². The summed E-state index contributed by atoms with van der Waals surface area (Å²) in [5.74, 6) is 0.797. The fraction of sp³-hybridized carbons (Fsp3) is 0.667. The van der Waals surface area contributed by atoms with Crippen molar-refractivity contribution in [2.75, 3.05) is 19.6 Å². The van der Waals surface area contributed by atoms with Crippen LogP contribution < -0.4 is 5.73 Å². The summed E-state index contributed by atoms with van der Waals surface area (Å²) in [7, 11) is 0. The van der Waals surface area contributed by atoms with Gasteiger partial charge in [-0.25, -0.2) is 0 Å². The van der Waals surface area contributed by atoms with E-state index in [-0.39, 0.29) is 5.91 Å². The van der Waals surface area contributed by atoms with Crippen LogP contribution in [0.3, 0.4) is 0 Å². The van der Waals surface area contributed by atoms with Gasteiger partial charge in [0.2, 0.25) is 0 Å². The zero-order chi connectivity index (χ0) is 13.2. The van der Waals surface area contributed by atoms with E-state index in [0.717, 1.165) is 38.2 Å². The molecule has 0 radical (unpaired) electrons. The molecule has 1 atom stereocenters. The predicted octanol–water partition coefficient (Wildman–Crippen LogP) is 2.02. The molecule has 1 amide bonds. The van der Waals surface area contributed by atoms with Gasteiger partial charge in [0, 0.05) is 25.3 Å². The SMILES string of the molecule is NCCC1CCCN(C(=O)c2cccn2C2CC2)C1. The average molecular weight is 261 g/mol. The summed E-state index contributed by atoms with van der Waals surface area (Å²) in [6.45, 7) is 2.51. The van der Waals surface area contributed by atoms with Gasteiger partial charge in [-0.1, -0.05) is 0 Å². The topological polar surface area (TPSA) is 51.3 Å². The molecule has 1 aliphatic carbocycles. The molecule has 1 unspecified atom stereocenters. The zero-order valence-electron chi connectivity index (χ0n) is 11.4. The molecule has 1 saturated carbocycles. The number of likely N-dealkylation sites (tertiary alicyclic amines) is 1. The van der Waals surface area contributed by atoms with Gasteiger partial charge in [0.1, 0.15) is 5.69 Å². The van der Waals surface area contributed by atoms with E-state index in [4.69, 9.17) is 5.73 Å². The van der Waals surface area contributed by atoms with Crippen LogP contribution in [-0.2, 0) is 0 Å². The molecule has 104 valence electrons. The van der Waals surface area contributed by atoms with Crippen molar-refractivity contribution in [3.63, 3.8) is 0 Å². The smallest absolute Gasteiger partial charge is 0.270 e. The number of carbonyl (C=O) groups is 1. The minimum Gasteiger partial charge on any atom is -0.340 e. The number of piperidine rings is 1. The van der Waals surface area contributed by atoms with Gasteiger partial charge in [0.05, 0.1) is 0 Å². The lowest BCUT2D eigenvalue weighted by Crippen LogP contribution is -2.41. The minimum atomic E-state index is 0.207. The highest BCUT2D eigenvalue weighted by molar-refractivity contribution is 5.93. The summed E-state index contributed by atoms with van der Waals surface area (Å²) in [4.78, 5) is 14.7. The van der Waals surface area contributed by atoms with Gasteiger partial charge in [-0.15, -0.1) is 0 Å². The van der Waals surface area contributed by atoms with Crippen molar-refractivity contribution in [2.45, 2.75) is 38.1 Å². The highest BCUT2D eigenvalue weighted by Gasteiger charge is 2.30. The fourth-order valence-corrected chi connectivity index (χ4v) is 3.13. The first kappa shape index (κ1) is 12.7. The molecule has 0 spiro atoms. The summed E-state index contributed by atoms with van der Waals surface area (Å²) in [6, 6.07) is 4.53. The second-order valence-electron chi connectivity index (χ2n) is 5.87. The average Bonchev–Trinajstić information content (AvgIpc) is 3.16. The molecule has 0 bridgehead atoms. The Hall–Kier alpha value is -1.29. The molecule has 1 aromatic rings. The molecule has 1 aliphatic heterocycles. The van der Waals surface area contributed by atoms with Crippen molar-refractivity contribution in [3.05, 3.63) is 24.0 Å². The first-order valence-electron chi connectivity index (χ1n) is 7.46. The van der Waals surface area contributed by atoms with Gasteiger partial charge in [-0.2, -0.15) is 0 Å². The molecule has 0 aromatic carbocycles. The third kappa shape index (κ3) is 2.68. The maximum Gasteiger partial charge on any atom is 0.270 e. The molecule has 2 N–H and O–H groups in total. The summed E-state index contributed by atoms with van der Waals surface area (Å²) in [5, 5.41) is 0. The predicted molar refractivity (Wildman–Crippen MR) is 75.0 cm³/mol. The molecule has 4 nitrogen and oxygen atoms in total. The van der Waals surface area contributed by atoms with E-state index in [1.165, 1.54) is 19.3 Å². The van der Waals surface area contributed by atoms with Crippen LogP contribution in [0.5, 0.6) is 0 Å². The molecule has 1 saturated heterocycles. The van der Waals surface area contributed by atoms with Crippen LogP contribution in [0.4, 0.5) is 0 Å². The molecule has 1 aromatic heterocycles. The van der Waals surface area contributed by atoms with Crippen molar-refractivity contribution in [1.82, 2.24) is 9.47 Å². The Morgan fingerprint density at radius 1 is 1.37 bits per heavy atom. The normalized spacial score (nSPS) is 23.6. The van der Waals surface area contributed by atoms with Gasteiger partial charge < -0.3 is 15.2 Å². The molecule has 2 fully saturated rings. The molecular formula is C15H23N3O. The summed E-state index contributed by atoms with van der Waals surface area (Å²) in [5.41, 5.74) is 6.51. The van der Waals surface area contributed by atoms with Crippen LogP contribution in [0.2, 0.25) is 0 Å². The Morgan fingerprint density at radius 2 is 2.21 bits per heavy atom. The van der Waals surface area contributed by atoms with Crippen molar-refractivity contribution in [3.8, 4) is 0 Å². The minimum absolute atomic E-state index is 0.207. The van der Waals surface area contributed by atoms with Gasteiger partial charge in [0.15, 0.2) is 0 Å². The van der Waals surface area contributed by atoms with E-state index in [9.17, 15) is 4.79 Å². The van der Waals surface area contributed by atoms with Crippen molar-refractivity contribution in [2.24, 2.45) is 11.7 Å². The van der Waals surface area contributed by atoms with E-state index in [1.807, 2.05) is 23.2 Å². The number of nitrogens with two attached hydrogens (primary N) is 1. The standard InChI is InChI=1S/C15H23N3O/c16-8-7-12-3-1-9-17(11-12)15(19)14-4-2-10-18(14)13-5-6-13/h2,4,10,12-13H,1,3,5-9,11,16H2. The number of rotatable bonds is 4. The Bertz CT molecular complexity index is 448. The largest absolute Gasteiger partial charge is 0.340 e. The van der Waals surface area contributed by atoms with Crippen LogP contribution in [0.15, 0.2) is 18.3 Å². The van der Waals surface area contributed by atoms with Crippen LogP contribution in [-0.4, -0.2) is 35.0 Å². The number of nitrogens with zero attached hydrogens (tertiary/aromatic N) is 2. The molecule has 4 heteroatoms. The van der Waals surface area contributed by atoms with Crippen molar-refractivity contribution < 1.29 is 4.79 Å². The zero-order valence-corrected chi connectivity index (χ0v) is 11.4. The first-order valence-corrected chi connectivity index (χ1v) is 7.46. The number of hydrogen-bond donors (Lipinski definition) is 1. The number of hydrogen-bond acceptors (Lipinski definition) is 2. The maximum absolute atomic E-state index is 12.6. The van der Waals surface area contributed by atoms with Crippen LogP contribution in [0, 0.1) is 5.92 Å². The van der Waals surface area contributed by atoms with E-state index in [0.29, 0.717) is 12.0 Å². The lowest BCUT2D eigenvalue weighted by molar-refractivity contribution is 0.0658. The van der Waals surface area contributed by atoms with Gasteiger partial charge in [-0.3, -0.25) is 4.79 Å². The highest BCUT2D eigenvalue weighted by atomic mass is 16.2. The van der Waals surface area contributed by atoms with Gasteiger partial charge >= 0.3 is 0 Å². The number of aromatic nitrogens is 1. The lowest BCUT2D eigenvalue weighted by atomic mass is 9.94. The monoisotopic (exact) mass is 261 g/mol. The second-order valence-corrected chi connectivity index (χ2v) is 5.87. The lowest BCUT2D eigenvalue weighted by Gasteiger charge is -2.32. The third-order valence-electron chi connectivity index (χ3n) is 4.32. The Balaban J connectivity index is 1.70. The van der Waals surface area contributed by atoms with Crippen molar-refractivity contribution in [1.29, 1.82) is 0 Å². The van der Waals surface area contributed by atoms with Gasteiger partial charge in [0.25, 0.3) is 5.91 Å². The summed E-state index contributed by atoms with van der Waals surface area (Å²) >= 11 is 0. The third-order valence-corrected chi connectivity index (χ3v) is 4.32. The molecular weight excluding hydrogens is 238 g/mol. The highest BCUT2D eigenvalue weighted by Crippen LogP contribution is 2.36. The van der Waals surface area contributed by atoms with Crippen molar-refractivity contribution >= 4 is 5.91 Å². The van der Waals surface area contributed by atoms with Crippen LogP contribution in [0.1, 0.15) is 48.6 Å². The maximum atomic E-state index is 12.6. The summed E-state index contributed by atoms with van der Waals surface area (Å²) < 4.78 is 2.16. The Kier molecular flexibility index (Phi) is 3.60. The quantitative estimate of drug-likeness (QED) is 0.901. The van der Waals surface area contributed by atoms with E-state index >= 15 is 0 Å². The molecule has 19 heavy (non-hydrogen) atoms. The Morgan fingerprint density at radius 3 is 2.95 bits per heavy atom. The Labute approximate surface area is 114 Å². The molecule has 3 rings (SSSR count). The molecule has 2 aliphatic rings. The number of amides is 1. The first-order chi connectivity index (χ1) is 9.29. The van der Waals surface area contributed by atoms with E-state index in [2.05, 4.69) is 4.57 Å². The summed E-state index contributed by atoms with van der Waals surface area (Å²) in [6.07, 6.45) is 7.83. The molecule has 2 heterocycles. The van der Waals surface area contributed by atoms with E-state index < -0.39 is 0 Å². The van der Waals surface area contributed by atoms with Crippen LogP contribution in [0.25, 0.3) is 0 Å². The van der Waals surface area contributed by atoms with E-state index in [1.54, 1.807) is 0 Å². The second kappa shape index (κ2) is 5.37. The fourth-order valence-electron chi connectivity index (χ4n) is 3.13. The number of carbonyl (C=O) groups excluding carboxylic acids is 1. The van der Waals surface area contributed by atoms with Gasteiger partial charge in [-0.05, 0) is 56.7 Å².